The van der Waals surface area contributed by atoms with Gasteiger partial charge in [-0.25, -0.2) is 0 Å². The largest absolute Gasteiger partial charge is 0.396 e. The first-order valence-electron chi connectivity index (χ1n) is 13.3. The molecule has 4 rings (SSSR count). The number of aliphatic hydroxyl groups is 1. The van der Waals surface area contributed by atoms with E-state index in [1.807, 2.05) is 30.3 Å². The lowest BCUT2D eigenvalue weighted by atomic mass is 9.70. The van der Waals surface area contributed by atoms with Crippen LogP contribution in [0.5, 0.6) is 0 Å². The number of carbonyl (C=O) groups excluding carboxylic acids is 3. The molecule has 9 heteroatoms. The zero-order valence-electron chi connectivity index (χ0n) is 22.0. The van der Waals surface area contributed by atoms with Crippen molar-refractivity contribution >= 4 is 33.7 Å². The van der Waals surface area contributed by atoms with Crippen molar-refractivity contribution in [2.24, 2.45) is 11.8 Å². The molecular formula is C29H38BrN3O5. The van der Waals surface area contributed by atoms with Gasteiger partial charge in [-0.1, -0.05) is 58.4 Å². The Morgan fingerprint density at radius 3 is 2.53 bits per heavy atom. The van der Waals surface area contributed by atoms with E-state index in [-0.39, 0.29) is 29.2 Å². The van der Waals surface area contributed by atoms with Crippen LogP contribution in [0, 0.1) is 11.8 Å². The van der Waals surface area contributed by atoms with E-state index >= 15 is 0 Å². The Labute approximate surface area is 233 Å². The number of fused-ring (bicyclic) bond motifs is 1. The van der Waals surface area contributed by atoms with E-state index in [0.29, 0.717) is 45.4 Å². The summed E-state index contributed by atoms with van der Waals surface area (Å²) in [5.41, 5.74) is -0.111. The highest BCUT2D eigenvalue weighted by atomic mass is 79.9. The molecule has 0 aromatic heterocycles. The fraction of sp³-hybridized carbons (Fsp3) is 0.552. The van der Waals surface area contributed by atoms with E-state index in [1.54, 1.807) is 33.9 Å². The molecule has 1 spiro atoms. The maximum Gasteiger partial charge on any atom is 0.248 e. The number of hydrogen-bond acceptors (Lipinski definition) is 5. The molecule has 3 heterocycles. The molecule has 3 aliphatic heterocycles. The second-order valence-electron chi connectivity index (χ2n) is 10.5. The Bertz CT molecular complexity index is 1050. The molecule has 3 fully saturated rings. The molecule has 1 aromatic rings. The molecular weight excluding hydrogens is 550 g/mol. The zero-order chi connectivity index (χ0) is 27.4. The normalized spacial score (nSPS) is 29.3. The monoisotopic (exact) mass is 587 g/mol. The molecule has 3 amide bonds. The van der Waals surface area contributed by atoms with Crippen LogP contribution in [0.3, 0.4) is 0 Å². The topological polar surface area (TPSA) is 90.4 Å². The Hall–Kier alpha value is -2.49. The van der Waals surface area contributed by atoms with Gasteiger partial charge in [-0.2, -0.15) is 0 Å². The maximum absolute atomic E-state index is 14.4. The summed E-state index contributed by atoms with van der Waals surface area (Å²) in [6.07, 6.45) is 5.33. The molecule has 0 aliphatic carbocycles. The van der Waals surface area contributed by atoms with Gasteiger partial charge in [-0.05, 0) is 31.2 Å². The van der Waals surface area contributed by atoms with Gasteiger partial charge >= 0.3 is 0 Å². The smallest absolute Gasteiger partial charge is 0.248 e. The third-order valence-corrected chi connectivity index (χ3v) is 8.87. The average molecular weight is 589 g/mol. The van der Waals surface area contributed by atoms with Crippen LogP contribution in [-0.4, -0.2) is 93.4 Å². The number of nitrogens with zero attached hydrogens (tertiary/aromatic N) is 3. The Morgan fingerprint density at radius 2 is 1.87 bits per heavy atom. The van der Waals surface area contributed by atoms with Crippen LogP contribution in [0.25, 0.3) is 0 Å². The van der Waals surface area contributed by atoms with Crippen molar-refractivity contribution < 1.29 is 24.2 Å². The number of amides is 3. The van der Waals surface area contributed by atoms with Gasteiger partial charge in [0.2, 0.25) is 17.7 Å². The highest BCUT2D eigenvalue weighted by molar-refractivity contribution is 9.09. The second kappa shape index (κ2) is 12.1. The van der Waals surface area contributed by atoms with Crippen LogP contribution in [0.15, 0.2) is 55.6 Å². The quantitative estimate of drug-likeness (QED) is 0.218. The summed E-state index contributed by atoms with van der Waals surface area (Å²) < 4.78 is 6.60. The fourth-order valence-corrected chi connectivity index (χ4v) is 7.35. The van der Waals surface area contributed by atoms with E-state index < -0.39 is 29.6 Å². The third-order valence-electron chi connectivity index (χ3n) is 8.02. The Morgan fingerprint density at radius 1 is 1.16 bits per heavy atom. The zero-order valence-corrected chi connectivity index (χ0v) is 23.6. The number of hydrogen-bond donors (Lipinski definition) is 1. The summed E-state index contributed by atoms with van der Waals surface area (Å²) in [5.74, 6) is -1.96. The highest BCUT2D eigenvalue weighted by Gasteiger charge is 2.76. The number of halogens is 1. The average Bonchev–Trinajstić information content (AvgIpc) is 3.49. The van der Waals surface area contributed by atoms with Gasteiger partial charge in [0.15, 0.2) is 0 Å². The number of likely N-dealkylation sites (N-methyl/N-ethyl adjacent to an activating group) is 1. The number of benzene rings is 1. The summed E-state index contributed by atoms with van der Waals surface area (Å²) in [6, 6.07) is 8.88. The van der Waals surface area contributed by atoms with E-state index in [1.165, 1.54) is 0 Å². The molecule has 3 unspecified atom stereocenters. The maximum atomic E-state index is 14.4. The minimum Gasteiger partial charge on any atom is -0.396 e. The number of alkyl halides is 1. The molecule has 6 atom stereocenters. The Balaban J connectivity index is 1.71. The number of unbranched alkanes of at least 4 members (excludes halogenated alkanes) is 2. The minimum atomic E-state index is -1.09. The molecule has 38 heavy (non-hydrogen) atoms. The number of ether oxygens (including phenoxy) is 1. The predicted molar refractivity (Wildman–Crippen MR) is 148 cm³/mol. The number of aliphatic hydroxyl groups excluding tert-OH is 1. The third kappa shape index (κ3) is 5.08. The van der Waals surface area contributed by atoms with Crippen molar-refractivity contribution in [3.8, 4) is 0 Å². The molecule has 1 aromatic carbocycles. The van der Waals surface area contributed by atoms with Crippen LogP contribution < -0.4 is 0 Å². The number of carbonyl (C=O) groups is 3. The lowest BCUT2D eigenvalue weighted by molar-refractivity contribution is -0.148. The summed E-state index contributed by atoms with van der Waals surface area (Å²) in [4.78, 5) is 46.8. The van der Waals surface area contributed by atoms with Crippen molar-refractivity contribution in [3.05, 3.63) is 61.2 Å². The fourth-order valence-electron chi connectivity index (χ4n) is 6.41. The highest BCUT2D eigenvalue weighted by Crippen LogP contribution is 2.60. The molecule has 0 radical (unpaired) electrons. The Kier molecular flexibility index (Phi) is 9.11. The van der Waals surface area contributed by atoms with E-state index in [0.717, 1.165) is 12.0 Å². The van der Waals surface area contributed by atoms with Gasteiger partial charge in [-0.3, -0.25) is 14.4 Å². The van der Waals surface area contributed by atoms with Crippen molar-refractivity contribution in [2.45, 2.75) is 54.8 Å². The summed E-state index contributed by atoms with van der Waals surface area (Å²) in [5, 5.41) is 9.23. The van der Waals surface area contributed by atoms with Crippen LogP contribution in [0.4, 0.5) is 0 Å². The summed E-state index contributed by atoms with van der Waals surface area (Å²) in [7, 11) is 1.70. The van der Waals surface area contributed by atoms with Gasteiger partial charge in [-0.15, -0.1) is 13.2 Å². The van der Waals surface area contributed by atoms with Crippen molar-refractivity contribution in [1.82, 2.24) is 14.7 Å². The van der Waals surface area contributed by atoms with E-state index in [9.17, 15) is 19.5 Å². The van der Waals surface area contributed by atoms with Gasteiger partial charge in [0.25, 0.3) is 0 Å². The van der Waals surface area contributed by atoms with Crippen LogP contribution in [-0.2, 0) is 25.7 Å². The van der Waals surface area contributed by atoms with Crippen LogP contribution in [0.1, 0.15) is 31.2 Å². The van der Waals surface area contributed by atoms with E-state index in [2.05, 4.69) is 29.1 Å². The van der Waals surface area contributed by atoms with Gasteiger partial charge in [0.1, 0.15) is 11.6 Å². The molecule has 3 aliphatic rings. The molecule has 0 saturated carbocycles. The first-order chi connectivity index (χ1) is 18.3. The first-order valence-corrected chi connectivity index (χ1v) is 14.2. The molecule has 8 nitrogen and oxygen atoms in total. The molecule has 3 saturated heterocycles. The SMILES string of the molecule is C=CCN(C)C(=O)[C@H]1[C@H]2C(=O)N(CCCCCO)C(C(=O)N(CC=C)Cc3ccccc3)C23CC(Br)[C@@H]1O3. The van der Waals surface area contributed by atoms with Crippen LogP contribution in [0.2, 0.25) is 0 Å². The van der Waals surface area contributed by atoms with Crippen molar-refractivity contribution in [3.63, 3.8) is 0 Å². The van der Waals surface area contributed by atoms with E-state index in [4.69, 9.17) is 4.74 Å². The molecule has 1 N–H and O–H groups in total. The molecule has 206 valence electrons. The summed E-state index contributed by atoms with van der Waals surface area (Å²) >= 11 is 3.72. The van der Waals surface area contributed by atoms with Gasteiger partial charge in [0.05, 0.1) is 17.9 Å². The van der Waals surface area contributed by atoms with Gasteiger partial charge in [0, 0.05) is 44.7 Å². The number of rotatable bonds is 13. The predicted octanol–water partition coefficient (Wildman–Crippen LogP) is 2.76. The van der Waals surface area contributed by atoms with Crippen molar-refractivity contribution in [1.29, 1.82) is 0 Å². The minimum absolute atomic E-state index is 0.0787. The van der Waals surface area contributed by atoms with Gasteiger partial charge < -0.3 is 24.5 Å². The summed E-state index contributed by atoms with van der Waals surface area (Å²) in [6.45, 7) is 9.10. The van der Waals surface area contributed by atoms with Crippen molar-refractivity contribution in [2.75, 3.05) is 33.3 Å². The van der Waals surface area contributed by atoms with Crippen LogP contribution >= 0.6 is 15.9 Å². The lowest BCUT2D eigenvalue weighted by Gasteiger charge is -2.37. The first kappa shape index (κ1) is 28.5. The standard InChI is InChI=1S/C29H38BrN3O5/c1-4-14-31(3)26(35)22-23-27(36)33(16-10-7-11-17-34)25(29(23)18-21(30)24(22)38-29)28(37)32(15-5-2)19-20-12-8-6-9-13-20/h4-6,8-9,12-13,21-25,34H,1-2,7,10-11,14-19H2,3H3/t21?,22-,23-,24-,25?,29?/m0/s1. The second-order valence-corrected chi connectivity index (χ2v) is 11.7. The number of likely N-dealkylation sites (tertiary alicyclic amines) is 1. The lowest BCUT2D eigenvalue weighted by Crippen LogP contribution is -2.56. The molecule has 2 bridgehead atoms.